The van der Waals surface area contributed by atoms with Crippen molar-refractivity contribution in [3.05, 3.63) is 12.2 Å². The van der Waals surface area contributed by atoms with Gasteiger partial charge in [0.25, 0.3) is 7.82 Å². The average molecular weight is 717 g/mol. The molecular weight excluding hydrogens is 635 g/mol. The molecule has 292 valence electrons. The number of amides is 1. The van der Waals surface area contributed by atoms with E-state index in [-0.39, 0.29) is 19.1 Å². The highest BCUT2D eigenvalue weighted by Gasteiger charge is 2.23. The minimum absolute atomic E-state index is 0.00174. The SMILES string of the molecule is CCCCCCCCCCC/C=C/C(O)C(COP(=O)([O-])OCC[N+](C)(C)C)NC(=O)CCCCCCCCCCCCCCCCCC. The fourth-order valence-corrected chi connectivity index (χ4v) is 6.64. The van der Waals surface area contributed by atoms with Crippen LogP contribution in [0.3, 0.4) is 0 Å². The normalized spacial score (nSPS) is 14.7. The van der Waals surface area contributed by atoms with E-state index in [0.717, 1.165) is 38.5 Å². The highest BCUT2D eigenvalue weighted by molar-refractivity contribution is 7.45. The maximum absolute atomic E-state index is 12.8. The Labute approximate surface area is 303 Å². The van der Waals surface area contributed by atoms with E-state index in [0.29, 0.717) is 17.4 Å². The zero-order valence-corrected chi connectivity index (χ0v) is 33.8. The first-order valence-corrected chi connectivity index (χ1v) is 22.0. The van der Waals surface area contributed by atoms with Crippen LogP contribution in [-0.2, 0) is 18.4 Å². The van der Waals surface area contributed by atoms with Crippen molar-refractivity contribution in [2.45, 2.75) is 199 Å². The van der Waals surface area contributed by atoms with Crippen LogP contribution in [0.2, 0.25) is 0 Å². The van der Waals surface area contributed by atoms with Gasteiger partial charge in [0.2, 0.25) is 5.91 Å². The minimum atomic E-state index is -4.57. The Kier molecular flexibility index (Phi) is 32.6. The van der Waals surface area contributed by atoms with Crippen LogP contribution in [0.15, 0.2) is 12.2 Å². The number of aliphatic hydroxyl groups is 1. The van der Waals surface area contributed by atoms with E-state index in [1.165, 1.54) is 128 Å². The van der Waals surface area contributed by atoms with Gasteiger partial charge in [0, 0.05) is 6.42 Å². The van der Waals surface area contributed by atoms with Crippen LogP contribution in [0.1, 0.15) is 187 Å². The number of nitrogens with zero attached hydrogens (tertiary/aromatic N) is 1. The molecule has 0 spiro atoms. The lowest BCUT2D eigenvalue weighted by atomic mass is 10.0. The summed E-state index contributed by atoms with van der Waals surface area (Å²) < 4.78 is 23.1. The number of carbonyl (C=O) groups is 1. The lowest BCUT2D eigenvalue weighted by Crippen LogP contribution is -2.45. The molecule has 0 fully saturated rings. The van der Waals surface area contributed by atoms with Crippen molar-refractivity contribution in [1.82, 2.24) is 5.32 Å². The largest absolute Gasteiger partial charge is 0.756 e. The molecule has 0 bridgehead atoms. The van der Waals surface area contributed by atoms with Gasteiger partial charge in [-0.2, -0.15) is 0 Å². The van der Waals surface area contributed by atoms with Crippen LogP contribution in [0.4, 0.5) is 0 Å². The summed E-state index contributed by atoms with van der Waals surface area (Å²) in [5, 5.41) is 13.7. The van der Waals surface area contributed by atoms with Gasteiger partial charge in [-0.05, 0) is 19.3 Å². The number of hydrogen-bond acceptors (Lipinski definition) is 6. The molecule has 3 atom stereocenters. The molecule has 0 aromatic carbocycles. The monoisotopic (exact) mass is 717 g/mol. The molecular formula is C40H81N2O6P. The molecule has 0 heterocycles. The molecule has 0 aliphatic rings. The zero-order valence-electron chi connectivity index (χ0n) is 32.9. The molecule has 0 rings (SSSR count). The fourth-order valence-electron chi connectivity index (χ4n) is 5.92. The van der Waals surface area contributed by atoms with E-state index in [2.05, 4.69) is 19.2 Å². The van der Waals surface area contributed by atoms with Crippen molar-refractivity contribution in [3.63, 3.8) is 0 Å². The third-order valence-corrected chi connectivity index (χ3v) is 10.2. The van der Waals surface area contributed by atoms with E-state index in [9.17, 15) is 19.4 Å². The molecule has 9 heteroatoms. The van der Waals surface area contributed by atoms with Crippen LogP contribution in [0.5, 0.6) is 0 Å². The molecule has 0 saturated heterocycles. The lowest BCUT2D eigenvalue weighted by Gasteiger charge is -2.29. The molecule has 0 aliphatic carbocycles. The summed E-state index contributed by atoms with van der Waals surface area (Å²) in [5.41, 5.74) is 0. The third kappa shape index (κ3) is 35.4. The van der Waals surface area contributed by atoms with Gasteiger partial charge in [0.05, 0.1) is 39.9 Å². The van der Waals surface area contributed by atoms with E-state index >= 15 is 0 Å². The zero-order chi connectivity index (χ0) is 36.5. The molecule has 0 aliphatic heterocycles. The van der Waals surface area contributed by atoms with Gasteiger partial charge in [0.15, 0.2) is 0 Å². The smallest absolute Gasteiger partial charge is 0.268 e. The number of hydrogen-bond donors (Lipinski definition) is 2. The highest BCUT2D eigenvalue weighted by atomic mass is 31.2. The Morgan fingerprint density at radius 3 is 1.53 bits per heavy atom. The number of rotatable bonds is 37. The predicted molar refractivity (Wildman–Crippen MR) is 205 cm³/mol. The molecule has 1 amide bonds. The van der Waals surface area contributed by atoms with Gasteiger partial charge in [-0.25, -0.2) is 0 Å². The number of likely N-dealkylation sites (N-methyl/N-ethyl adjacent to an activating group) is 1. The van der Waals surface area contributed by atoms with Crippen LogP contribution in [-0.4, -0.2) is 68.5 Å². The number of carbonyl (C=O) groups excluding carboxylic acids is 1. The number of unbranched alkanes of at least 4 members (excludes halogenated alkanes) is 24. The second kappa shape index (κ2) is 33.1. The third-order valence-electron chi connectivity index (χ3n) is 9.25. The Bertz CT molecular complexity index is 819. The van der Waals surface area contributed by atoms with Crippen LogP contribution in [0, 0.1) is 0 Å². The van der Waals surface area contributed by atoms with E-state index in [4.69, 9.17) is 9.05 Å². The number of nitrogens with one attached hydrogen (secondary N) is 1. The quantitative estimate of drug-likeness (QED) is 0.0287. The summed E-state index contributed by atoms with van der Waals surface area (Å²) in [5.74, 6) is -0.197. The highest BCUT2D eigenvalue weighted by Crippen LogP contribution is 2.38. The summed E-state index contributed by atoms with van der Waals surface area (Å²) in [6.07, 6.45) is 35.3. The molecule has 0 saturated carbocycles. The summed E-state index contributed by atoms with van der Waals surface area (Å²) in [4.78, 5) is 25.2. The summed E-state index contributed by atoms with van der Waals surface area (Å²) in [6, 6.07) is -0.878. The summed E-state index contributed by atoms with van der Waals surface area (Å²) in [6.45, 7) is 4.63. The average Bonchev–Trinajstić information content (AvgIpc) is 3.04. The second-order valence-electron chi connectivity index (χ2n) is 15.4. The number of allylic oxidation sites excluding steroid dienone is 1. The molecule has 3 unspecified atom stereocenters. The number of aliphatic hydroxyl groups excluding tert-OH is 1. The number of quaternary nitrogens is 1. The topological polar surface area (TPSA) is 108 Å². The molecule has 0 aromatic rings. The van der Waals surface area contributed by atoms with E-state index in [1.54, 1.807) is 6.08 Å². The van der Waals surface area contributed by atoms with Crippen molar-refractivity contribution in [2.24, 2.45) is 0 Å². The molecule has 2 N–H and O–H groups in total. The Balaban J connectivity index is 4.42. The standard InChI is InChI=1S/C40H81N2O6P/c1-6-8-10-12-14-16-18-19-20-21-22-24-26-28-30-32-34-40(44)41-38(37-48-49(45,46)47-36-35-42(3,4)5)39(43)33-31-29-27-25-23-17-15-13-11-9-7-2/h31,33,38-39,43H,6-30,32,34-37H2,1-5H3,(H-,41,44,45,46)/b33-31+. The first-order chi connectivity index (χ1) is 23.5. The molecule has 49 heavy (non-hydrogen) atoms. The maximum Gasteiger partial charge on any atom is 0.268 e. The Morgan fingerprint density at radius 1 is 0.694 bits per heavy atom. The van der Waals surface area contributed by atoms with Crippen molar-refractivity contribution in [1.29, 1.82) is 0 Å². The van der Waals surface area contributed by atoms with Gasteiger partial charge in [0.1, 0.15) is 13.2 Å². The molecule has 0 radical (unpaired) electrons. The first kappa shape index (κ1) is 48.2. The van der Waals surface area contributed by atoms with Gasteiger partial charge in [-0.15, -0.1) is 0 Å². The van der Waals surface area contributed by atoms with Crippen molar-refractivity contribution >= 4 is 13.7 Å². The van der Waals surface area contributed by atoms with Crippen molar-refractivity contribution in [2.75, 3.05) is 40.9 Å². The Morgan fingerprint density at radius 2 is 1.10 bits per heavy atom. The Hall–Kier alpha value is -0.760. The maximum atomic E-state index is 12.8. The van der Waals surface area contributed by atoms with E-state index < -0.39 is 20.0 Å². The van der Waals surface area contributed by atoms with Gasteiger partial charge in [-0.3, -0.25) is 9.36 Å². The first-order valence-electron chi connectivity index (χ1n) is 20.6. The predicted octanol–water partition coefficient (Wildman–Crippen LogP) is 10.2. The fraction of sp³-hybridized carbons (Fsp3) is 0.925. The lowest BCUT2D eigenvalue weighted by molar-refractivity contribution is -0.870. The number of phosphoric acid groups is 1. The van der Waals surface area contributed by atoms with Crippen LogP contribution in [0.25, 0.3) is 0 Å². The summed E-state index contributed by atoms with van der Waals surface area (Å²) in [7, 11) is 1.27. The molecule has 0 aromatic heterocycles. The minimum Gasteiger partial charge on any atom is -0.756 e. The van der Waals surface area contributed by atoms with Crippen molar-refractivity contribution < 1.29 is 32.9 Å². The van der Waals surface area contributed by atoms with Crippen LogP contribution < -0.4 is 10.2 Å². The van der Waals surface area contributed by atoms with Gasteiger partial charge >= 0.3 is 0 Å². The number of phosphoric ester groups is 1. The van der Waals surface area contributed by atoms with E-state index in [1.807, 2.05) is 27.2 Å². The van der Waals surface area contributed by atoms with Crippen LogP contribution >= 0.6 is 7.82 Å². The second-order valence-corrected chi connectivity index (χ2v) is 16.8. The van der Waals surface area contributed by atoms with Gasteiger partial charge < -0.3 is 28.8 Å². The molecule has 8 nitrogen and oxygen atoms in total. The van der Waals surface area contributed by atoms with Crippen molar-refractivity contribution in [3.8, 4) is 0 Å². The summed E-state index contributed by atoms with van der Waals surface area (Å²) >= 11 is 0. The van der Waals surface area contributed by atoms with Gasteiger partial charge in [-0.1, -0.05) is 174 Å².